The maximum atomic E-state index is 12.4. The molecule has 0 fully saturated rings. The molecule has 3 N–H and O–H groups in total. The van der Waals surface area contributed by atoms with Gasteiger partial charge in [0.25, 0.3) is 0 Å². The first-order chi connectivity index (χ1) is 6.98. The van der Waals surface area contributed by atoms with Crippen LogP contribution in [0, 0.1) is 0 Å². The molecule has 0 aliphatic rings. The van der Waals surface area contributed by atoms with E-state index in [2.05, 4.69) is 0 Å². The predicted octanol–water partition coefficient (Wildman–Crippen LogP) is 1.25. The van der Waals surface area contributed by atoms with E-state index in [0.717, 1.165) is 0 Å². The molecular formula is C10H12FNO3. The maximum Gasteiger partial charge on any atom is 0.326 e. The van der Waals surface area contributed by atoms with Crippen molar-refractivity contribution in [3.63, 3.8) is 0 Å². The van der Waals surface area contributed by atoms with Crippen LogP contribution in [-0.4, -0.2) is 21.7 Å². The molecule has 0 aromatic heterocycles. The molecule has 4 nitrogen and oxygen atoms in total. The van der Waals surface area contributed by atoms with E-state index in [1.165, 1.54) is 24.6 Å². The lowest BCUT2D eigenvalue weighted by atomic mass is 9.94. The number of phenols is 1. The van der Waals surface area contributed by atoms with Gasteiger partial charge in [-0.05, 0) is 24.6 Å². The van der Waals surface area contributed by atoms with Gasteiger partial charge in [0.15, 0.2) is 0 Å². The zero-order chi connectivity index (χ0) is 11.5. The first-order valence-electron chi connectivity index (χ1n) is 4.37. The van der Waals surface area contributed by atoms with Gasteiger partial charge in [0.2, 0.25) is 0 Å². The number of carboxylic acids is 1. The van der Waals surface area contributed by atoms with Crippen LogP contribution in [0.15, 0.2) is 24.3 Å². The number of carbonyl (C=O) groups is 1. The van der Waals surface area contributed by atoms with Crippen LogP contribution >= 0.6 is 0 Å². The fraction of sp³-hybridized carbons (Fsp3) is 0.300. The monoisotopic (exact) mass is 213 g/mol. The fourth-order valence-electron chi connectivity index (χ4n) is 1.17. The predicted molar refractivity (Wildman–Crippen MR) is 52.1 cm³/mol. The zero-order valence-corrected chi connectivity index (χ0v) is 8.20. The minimum Gasteiger partial charge on any atom is -0.508 e. The highest BCUT2D eigenvalue weighted by Crippen LogP contribution is 2.16. The van der Waals surface area contributed by atoms with E-state index in [1.54, 1.807) is 12.1 Å². The lowest BCUT2D eigenvalue weighted by molar-refractivity contribution is -0.146. The molecule has 0 aliphatic heterocycles. The van der Waals surface area contributed by atoms with Crippen molar-refractivity contribution in [3.8, 4) is 5.75 Å². The maximum absolute atomic E-state index is 12.4. The Morgan fingerprint density at radius 1 is 1.47 bits per heavy atom. The Hall–Kier alpha value is -1.62. The van der Waals surface area contributed by atoms with Crippen LogP contribution in [0.4, 0.5) is 4.48 Å². The van der Waals surface area contributed by atoms with E-state index in [9.17, 15) is 9.28 Å². The van der Waals surface area contributed by atoms with Crippen molar-refractivity contribution in [2.75, 3.05) is 0 Å². The number of aromatic hydroxyl groups is 1. The standard InChI is InChI=1S/C10H12FNO3/c1-10(12-11,9(14)15)6-7-2-4-8(13)5-3-7/h2-5,12-13H,6H2,1H3,(H,14,15). The average Bonchev–Trinajstić information content (AvgIpc) is 2.21. The van der Waals surface area contributed by atoms with Gasteiger partial charge in [-0.15, -0.1) is 10.0 Å². The first-order valence-corrected chi connectivity index (χ1v) is 4.37. The average molecular weight is 213 g/mol. The molecule has 1 aromatic carbocycles. The summed E-state index contributed by atoms with van der Waals surface area (Å²) in [5.41, 5.74) is 0.265. The minimum atomic E-state index is -1.64. The third-order valence-corrected chi connectivity index (χ3v) is 2.17. The van der Waals surface area contributed by atoms with Gasteiger partial charge in [-0.2, -0.15) is 0 Å². The molecule has 1 rings (SSSR count). The van der Waals surface area contributed by atoms with Gasteiger partial charge in [0, 0.05) is 6.42 Å². The van der Waals surface area contributed by atoms with Crippen LogP contribution in [0.1, 0.15) is 12.5 Å². The van der Waals surface area contributed by atoms with Gasteiger partial charge in [-0.25, -0.2) is 0 Å². The number of halogens is 1. The van der Waals surface area contributed by atoms with Crippen LogP contribution < -0.4 is 5.54 Å². The molecular weight excluding hydrogens is 201 g/mol. The van der Waals surface area contributed by atoms with Crippen molar-refractivity contribution < 1.29 is 19.5 Å². The summed E-state index contributed by atoms with van der Waals surface area (Å²) in [6, 6.07) is 5.95. The van der Waals surface area contributed by atoms with E-state index in [0.29, 0.717) is 5.56 Å². The topological polar surface area (TPSA) is 69.6 Å². The van der Waals surface area contributed by atoms with Crippen molar-refractivity contribution in [2.45, 2.75) is 18.9 Å². The van der Waals surface area contributed by atoms with Crippen LogP contribution in [0.2, 0.25) is 0 Å². The summed E-state index contributed by atoms with van der Waals surface area (Å²) < 4.78 is 12.4. The van der Waals surface area contributed by atoms with Crippen LogP contribution in [-0.2, 0) is 11.2 Å². The van der Waals surface area contributed by atoms with Crippen LogP contribution in [0.25, 0.3) is 0 Å². The Kier molecular flexibility index (Phi) is 3.26. The first kappa shape index (κ1) is 11.5. The number of nitrogens with one attached hydrogen (secondary N) is 1. The SMILES string of the molecule is CC(Cc1ccc(O)cc1)(NF)C(=O)O. The number of hydrogen-bond acceptors (Lipinski definition) is 3. The van der Waals surface area contributed by atoms with Crippen LogP contribution in [0.5, 0.6) is 5.75 Å². The van der Waals surface area contributed by atoms with Gasteiger partial charge in [0.1, 0.15) is 11.3 Å². The van der Waals surface area contributed by atoms with E-state index < -0.39 is 11.5 Å². The Balaban J connectivity index is 2.84. The third kappa shape index (κ3) is 2.66. The number of carboxylic acid groups (broad SMARTS) is 1. The summed E-state index contributed by atoms with van der Waals surface area (Å²) in [4.78, 5) is 10.8. The number of aliphatic carboxylic acids is 1. The van der Waals surface area contributed by atoms with Gasteiger partial charge in [-0.1, -0.05) is 12.1 Å². The van der Waals surface area contributed by atoms with Crippen LogP contribution in [0.3, 0.4) is 0 Å². The molecule has 82 valence electrons. The summed E-state index contributed by atoms with van der Waals surface area (Å²) >= 11 is 0. The normalized spacial score (nSPS) is 14.5. The lowest BCUT2D eigenvalue weighted by Gasteiger charge is -2.21. The van der Waals surface area contributed by atoms with Crippen molar-refractivity contribution in [1.29, 1.82) is 0 Å². The highest BCUT2D eigenvalue weighted by molar-refractivity contribution is 5.78. The third-order valence-electron chi connectivity index (χ3n) is 2.17. The Morgan fingerprint density at radius 2 is 2.00 bits per heavy atom. The number of hydrogen-bond donors (Lipinski definition) is 3. The summed E-state index contributed by atoms with van der Waals surface area (Å²) in [7, 11) is 0. The Morgan fingerprint density at radius 3 is 2.40 bits per heavy atom. The fourth-order valence-corrected chi connectivity index (χ4v) is 1.17. The molecule has 0 spiro atoms. The Labute approximate surface area is 86.3 Å². The minimum absolute atomic E-state index is 0.000880. The second-order valence-electron chi connectivity index (χ2n) is 3.57. The Bertz CT molecular complexity index is 352. The summed E-state index contributed by atoms with van der Waals surface area (Å²) in [6.07, 6.45) is -0.000880. The van der Waals surface area contributed by atoms with Gasteiger partial charge in [-0.3, -0.25) is 4.79 Å². The highest BCUT2D eigenvalue weighted by atomic mass is 19.2. The van der Waals surface area contributed by atoms with E-state index in [4.69, 9.17) is 10.2 Å². The summed E-state index contributed by atoms with van der Waals surface area (Å²) in [5, 5.41) is 17.8. The van der Waals surface area contributed by atoms with Crippen molar-refractivity contribution in [2.24, 2.45) is 0 Å². The second-order valence-corrected chi connectivity index (χ2v) is 3.57. The molecule has 5 heteroatoms. The molecule has 0 saturated carbocycles. The quantitative estimate of drug-likeness (QED) is 0.658. The molecule has 0 bridgehead atoms. The molecule has 1 atom stereocenters. The van der Waals surface area contributed by atoms with E-state index >= 15 is 0 Å². The van der Waals surface area contributed by atoms with E-state index in [1.807, 2.05) is 0 Å². The second kappa shape index (κ2) is 4.27. The summed E-state index contributed by atoms with van der Waals surface area (Å²) in [6.45, 7) is 1.25. The molecule has 0 radical (unpaired) electrons. The van der Waals surface area contributed by atoms with Crippen molar-refractivity contribution in [1.82, 2.24) is 5.54 Å². The van der Waals surface area contributed by atoms with Gasteiger partial charge < -0.3 is 10.2 Å². The van der Waals surface area contributed by atoms with E-state index in [-0.39, 0.29) is 12.2 Å². The molecule has 0 amide bonds. The lowest BCUT2D eigenvalue weighted by Crippen LogP contribution is -2.47. The number of rotatable bonds is 4. The molecule has 1 unspecified atom stereocenters. The van der Waals surface area contributed by atoms with Crippen molar-refractivity contribution in [3.05, 3.63) is 29.8 Å². The number of benzene rings is 1. The molecule has 0 saturated heterocycles. The highest BCUT2D eigenvalue weighted by Gasteiger charge is 2.33. The largest absolute Gasteiger partial charge is 0.508 e. The van der Waals surface area contributed by atoms with Gasteiger partial charge in [0.05, 0.1) is 0 Å². The molecule has 0 heterocycles. The van der Waals surface area contributed by atoms with Gasteiger partial charge >= 0.3 is 5.97 Å². The molecule has 15 heavy (non-hydrogen) atoms. The number of phenolic OH excluding ortho intramolecular Hbond substituents is 1. The van der Waals surface area contributed by atoms with Crippen molar-refractivity contribution >= 4 is 5.97 Å². The molecule has 0 aliphatic carbocycles. The zero-order valence-electron chi connectivity index (χ0n) is 8.20. The molecule has 1 aromatic rings. The smallest absolute Gasteiger partial charge is 0.326 e. The summed E-state index contributed by atoms with van der Waals surface area (Å²) in [5.74, 6) is -1.18.